The van der Waals surface area contributed by atoms with Crippen molar-refractivity contribution in [1.82, 2.24) is 4.98 Å². The van der Waals surface area contributed by atoms with Gasteiger partial charge in [0.25, 0.3) is 0 Å². The summed E-state index contributed by atoms with van der Waals surface area (Å²) in [6.07, 6.45) is 1.55. The molecule has 0 radical (unpaired) electrons. The van der Waals surface area contributed by atoms with Crippen molar-refractivity contribution >= 4 is 22.3 Å². The fourth-order valence-electron chi connectivity index (χ4n) is 1.48. The molecule has 0 spiro atoms. The third-order valence-corrected chi connectivity index (χ3v) is 2.14. The molecule has 72 valence electrons. The first kappa shape index (κ1) is 8.74. The molecule has 1 aromatic heterocycles. The minimum atomic E-state index is -0.284. The van der Waals surface area contributed by atoms with Crippen LogP contribution in [-0.4, -0.2) is 12.0 Å². The van der Waals surface area contributed by atoms with Crippen LogP contribution in [0.2, 0.25) is 0 Å². The molecule has 0 saturated carbocycles. The molecule has 4 heteroatoms. The van der Waals surface area contributed by atoms with Crippen LogP contribution in [-0.2, 0) is 0 Å². The van der Waals surface area contributed by atoms with E-state index in [0.29, 0.717) is 22.3 Å². The first-order chi connectivity index (χ1) is 6.74. The zero-order valence-corrected chi connectivity index (χ0v) is 7.71. The van der Waals surface area contributed by atoms with Gasteiger partial charge in [0, 0.05) is 29.7 Å². The number of nitrogen functional groups attached to an aromatic ring is 1. The molecule has 3 nitrogen and oxygen atoms in total. The second kappa shape index (κ2) is 3.14. The number of pyridine rings is 1. The van der Waals surface area contributed by atoms with Gasteiger partial charge in [0.2, 0.25) is 0 Å². The summed E-state index contributed by atoms with van der Waals surface area (Å²) in [5.41, 5.74) is 6.28. The van der Waals surface area contributed by atoms with Gasteiger partial charge in [0.05, 0.1) is 0 Å². The average molecular weight is 191 g/mol. The fraction of sp³-hybridized carbons (Fsp3) is 0.100. The molecule has 14 heavy (non-hydrogen) atoms. The van der Waals surface area contributed by atoms with E-state index in [1.54, 1.807) is 25.4 Å². The number of nitrogens with zero attached hydrogens (tertiary/aromatic N) is 1. The van der Waals surface area contributed by atoms with Crippen molar-refractivity contribution in [2.24, 2.45) is 0 Å². The van der Waals surface area contributed by atoms with Gasteiger partial charge in [-0.15, -0.1) is 0 Å². The summed E-state index contributed by atoms with van der Waals surface area (Å²) < 4.78 is 13.4. The number of aromatic nitrogens is 1. The highest BCUT2D eigenvalue weighted by Crippen LogP contribution is 2.28. The quantitative estimate of drug-likeness (QED) is 0.678. The zero-order valence-electron chi connectivity index (χ0n) is 7.71. The van der Waals surface area contributed by atoms with Crippen LogP contribution in [0.15, 0.2) is 24.4 Å². The Morgan fingerprint density at radius 2 is 2.14 bits per heavy atom. The second-order valence-electron chi connectivity index (χ2n) is 2.97. The third-order valence-electron chi connectivity index (χ3n) is 2.14. The van der Waals surface area contributed by atoms with Crippen LogP contribution < -0.4 is 11.1 Å². The van der Waals surface area contributed by atoms with Crippen LogP contribution in [0.4, 0.5) is 15.9 Å². The van der Waals surface area contributed by atoms with E-state index in [1.165, 1.54) is 6.07 Å². The Hall–Kier alpha value is -1.84. The van der Waals surface area contributed by atoms with Crippen LogP contribution in [0.3, 0.4) is 0 Å². The molecule has 2 aromatic rings. The van der Waals surface area contributed by atoms with Gasteiger partial charge in [-0.3, -0.25) is 0 Å². The zero-order chi connectivity index (χ0) is 10.1. The SMILES string of the molecule is CNc1nccc2c(F)ccc(N)c12. The minimum Gasteiger partial charge on any atom is -0.398 e. The number of hydrogen-bond acceptors (Lipinski definition) is 3. The largest absolute Gasteiger partial charge is 0.398 e. The number of benzene rings is 1. The van der Waals surface area contributed by atoms with Gasteiger partial charge in [0.1, 0.15) is 11.6 Å². The topological polar surface area (TPSA) is 50.9 Å². The van der Waals surface area contributed by atoms with Gasteiger partial charge >= 0.3 is 0 Å². The molecule has 0 atom stereocenters. The van der Waals surface area contributed by atoms with Gasteiger partial charge in [0.15, 0.2) is 0 Å². The number of rotatable bonds is 1. The van der Waals surface area contributed by atoms with Crippen LogP contribution >= 0.6 is 0 Å². The summed E-state index contributed by atoms with van der Waals surface area (Å²) in [4.78, 5) is 4.07. The summed E-state index contributed by atoms with van der Waals surface area (Å²) >= 11 is 0. The number of fused-ring (bicyclic) bond motifs is 1. The summed E-state index contributed by atoms with van der Waals surface area (Å²) in [7, 11) is 1.73. The molecule has 1 aromatic carbocycles. The van der Waals surface area contributed by atoms with Gasteiger partial charge in [-0.2, -0.15) is 0 Å². The number of anilines is 2. The van der Waals surface area contributed by atoms with E-state index in [4.69, 9.17) is 5.73 Å². The molecule has 2 rings (SSSR count). The molecule has 3 N–H and O–H groups in total. The molecule has 0 aliphatic rings. The standard InChI is InChI=1S/C10H10FN3/c1-13-10-9-6(4-5-14-10)7(11)2-3-8(9)12/h2-5H,12H2,1H3,(H,13,14). The van der Waals surface area contributed by atoms with E-state index in [9.17, 15) is 4.39 Å². The van der Waals surface area contributed by atoms with E-state index < -0.39 is 0 Å². The van der Waals surface area contributed by atoms with Gasteiger partial charge in [-0.1, -0.05) is 0 Å². The Morgan fingerprint density at radius 1 is 1.36 bits per heavy atom. The monoisotopic (exact) mass is 191 g/mol. The average Bonchev–Trinajstić information content (AvgIpc) is 2.23. The smallest absolute Gasteiger partial charge is 0.135 e. The molecule has 0 fully saturated rings. The number of nitrogens with one attached hydrogen (secondary N) is 1. The molecule has 0 saturated heterocycles. The van der Waals surface area contributed by atoms with Crippen LogP contribution in [0, 0.1) is 5.82 Å². The van der Waals surface area contributed by atoms with Crippen molar-refractivity contribution in [1.29, 1.82) is 0 Å². The highest BCUT2D eigenvalue weighted by Gasteiger charge is 2.07. The Morgan fingerprint density at radius 3 is 2.86 bits per heavy atom. The maximum Gasteiger partial charge on any atom is 0.135 e. The van der Waals surface area contributed by atoms with E-state index >= 15 is 0 Å². The van der Waals surface area contributed by atoms with E-state index in [-0.39, 0.29) is 5.82 Å². The van der Waals surface area contributed by atoms with Crippen molar-refractivity contribution < 1.29 is 4.39 Å². The molecule has 0 aliphatic heterocycles. The molecule has 1 heterocycles. The number of hydrogen-bond donors (Lipinski definition) is 2. The fourth-order valence-corrected chi connectivity index (χ4v) is 1.48. The lowest BCUT2D eigenvalue weighted by molar-refractivity contribution is 0.640. The predicted molar refractivity (Wildman–Crippen MR) is 55.7 cm³/mol. The van der Waals surface area contributed by atoms with Crippen molar-refractivity contribution in [3.8, 4) is 0 Å². The minimum absolute atomic E-state index is 0.284. The molecular formula is C10H10FN3. The van der Waals surface area contributed by atoms with E-state index in [1.807, 2.05) is 0 Å². The lowest BCUT2D eigenvalue weighted by Crippen LogP contribution is -1.97. The van der Waals surface area contributed by atoms with Crippen LogP contribution in [0.1, 0.15) is 0 Å². The van der Waals surface area contributed by atoms with Crippen LogP contribution in [0.25, 0.3) is 10.8 Å². The molecule has 0 amide bonds. The normalized spacial score (nSPS) is 10.4. The maximum atomic E-state index is 13.4. The molecular weight excluding hydrogens is 181 g/mol. The predicted octanol–water partition coefficient (Wildman–Crippen LogP) is 2.00. The first-order valence-electron chi connectivity index (χ1n) is 4.24. The lowest BCUT2D eigenvalue weighted by Gasteiger charge is -2.07. The summed E-state index contributed by atoms with van der Waals surface area (Å²) in [5.74, 6) is 0.313. The summed E-state index contributed by atoms with van der Waals surface area (Å²) in [5, 5.41) is 4.00. The molecule has 0 aliphatic carbocycles. The number of nitrogens with two attached hydrogens (primary N) is 1. The van der Waals surface area contributed by atoms with E-state index in [0.717, 1.165) is 0 Å². The highest BCUT2D eigenvalue weighted by molar-refractivity contribution is 6.00. The Bertz CT molecular complexity index is 482. The maximum absolute atomic E-state index is 13.4. The third kappa shape index (κ3) is 1.16. The van der Waals surface area contributed by atoms with Crippen molar-refractivity contribution in [3.05, 3.63) is 30.2 Å². The number of halogens is 1. The molecule has 0 bridgehead atoms. The van der Waals surface area contributed by atoms with Crippen molar-refractivity contribution in [2.75, 3.05) is 18.1 Å². The first-order valence-corrected chi connectivity index (χ1v) is 4.24. The second-order valence-corrected chi connectivity index (χ2v) is 2.97. The van der Waals surface area contributed by atoms with Gasteiger partial charge in [-0.25, -0.2) is 9.37 Å². The summed E-state index contributed by atoms with van der Waals surface area (Å²) in [6, 6.07) is 4.51. The van der Waals surface area contributed by atoms with Gasteiger partial charge < -0.3 is 11.1 Å². The summed E-state index contributed by atoms with van der Waals surface area (Å²) in [6.45, 7) is 0. The Labute approximate surface area is 80.8 Å². The lowest BCUT2D eigenvalue weighted by atomic mass is 10.1. The van der Waals surface area contributed by atoms with Crippen molar-refractivity contribution in [3.63, 3.8) is 0 Å². The highest BCUT2D eigenvalue weighted by atomic mass is 19.1. The van der Waals surface area contributed by atoms with Crippen molar-refractivity contribution in [2.45, 2.75) is 0 Å². The Kier molecular flexibility index (Phi) is 1.96. The van der Waals surface area contributed by atoms with Crippen LogP contribution in [0.5, 0.6) is 0 Å². The Balaban J connectivity index is 2.92. The molecule has 0 unspecified atom stereocenters. The van der Waals surface area contributed by atoms with Gasteiger partial charge in [-0.05, 0) is 18.2 Å². The van der Waals surface area contributed by atoms with E-state index in [2.05, 4.69) is 10.3 Å².